The molecule has 2 atom stereocenters. The maximum Gasteiger partial charge on any atom is 0.308 e. The van der Waals surface area contributed by atoms with Crippen LogP contribution in [-0.4, -0.2) is 42.9 Å². The van der Waals surface area contributed by atoms with E-state index in [4.69, 9.17) is 0 Å². The van der Waals surface area contributed by atoms with Crippen LogP contribution in [0.15, 0.2) is 51.6 Å². The molecule has 0 aliphatic carbocycles. The van der Waals surface area contributed by atoms with Crippen LogP contribution in [-0.2, 0) is 14.6 Å². The summed E-state index contributed by atoms with van der Waals surface area (Å²) in [7, 11) is -3.67. The van der Waals surface area contributed by atoms with Crippen LogP contribution in [0.2, 0.25) is 0 Å². The average Bonchev–Trinajstić information content (AvgIpc) is 3.13. The summed E-state index contributed by atoms with van der Waals surface area (Å²) in [4.78, 5) is 26.2. The number of piperidine rings is 1. The quantitative estimate of drug-likeness (QED) is 0.862. The van der Waals surface area contributed by atoms with Gasteiger partial charge in [-0.1, -0.05) is 18.2 Å². The molecular formula is C18H19NO5S2. The molecule has 1 fully saturated rings. The second-order valence-corrected chi connectivity index (χ2v) is 9.52. The smallest absolute Gasteiger partial charge is 0.308 e. The van der Waals surface area contributed by atoms with Crippen molar-refractivity contribution >= 4 is 33.1 Å². The normalized spacial score (nSPS) is 20.7. The van der Waals surface area contributed by atoms with E-state index in [2.05, 4.69) is 0 Å². The highest BCUT2D eigenvalue weighted by atomic mass is 32.2. The predicted molar refractivity (Wildman–Crippen MR) is 97.1 cm³/mol. The topological polar surface area (TPSA) is 91.8 Å². The second kappa shape index (κ2) is 7.20. The number of carbonyl (C=O) groups is 2. The first-order chi connectivity index (χ1) is 12.3. The van der Waals surface area contributed by atoms with Gasteiger partial charge in [0.1, 0.15) is 4.21 Å². The number of hydrogen-bond donors (Lipinski definition) is 1. The Bertz CT molecular complexity index is 920. The molecule has 0 saturated carbocycles. The number of amides is 1. The number of carboxylic acid groups (broad SMARTS) is 1. The van der Waals surface area contributed by atoms with Gasteiger partial charge < -0.3 is 10.0 Å². The highest BCUT2D eigenvalue weighted by Gasteiger charge is 2.36. The van der Waals surface area contributed by atoms with Gasteiger partial charge in [0.05, 0.1) is 15.7 Å². The maximum absolute atomic E-state index is 12.8. The first-order valence-corrected chi connectivity index (χ1v) is 10.6. The minimum absolute atomic E-state index is 0.103. The van der Waals surface area contributed by atoms with Gasteiger partial charge in [0.2, 0.25) is 9.84 Å². The second-order valence-electron chi connectivity index (χ2n) is 6.26. The van der Waals surface area contributed by atoms with Crippen LogP contribution in [0.1, 0.15) is 29.4 Å². The molecule has 0 bridgehead atoms. The summed E-state index contributed by atoms with van der Waals surface area (Å²) in [5.74, 6) is -1.82. The number of sulfone groups is 1. The number of thiophene rings is 1. The Morgan fingerprint density at radius 1 is 1.15 bits per heavy atom. The number of benzene rings is 1. The van der Waals surface area contributed by atoms with Crippen LogP contribution in [0.25, 0.3) is 0 Å². The number of likely N-dealkylation sites (tertiary alicyclic amines) is 1. The van der Waals surface area contributed by atoms with Crippen molar-refractivity contribution < 1.29 is 23.1 Å². The molecule has 1 amide bonds. The minimum atomic E-state index is -3.67. The van der Waals surface area contributed by atoms with Gasteiger partial charge in [-0.15, -0.1) is 11.3 Å². The van der Waals surface area contributed by atoms with Crippen molar-refractivity contribution in [1.29, 1.82) is 0 Å². The van der Waals surface area contributed by atoms with E-state index in [1.54, 1.807) is 25.1 Å². The van der Waals surface area contributed by atoms with Crippen molar-refractivity contribution in [2.24, 2.45) is 5.92 Å². The summed E-state index contributed by atoms with van der Waals surface area (Å²) in [6, 6.07) is 10.6. The number of carboxylic acids is 1. The first-order valence-electron chi connectivity index (χ1n) is 8.26. The summed E-state index contributed by atoms with van der Waals surface area (Å²) in [5, 5.41) is 9.30. The van der Waals surface area contributed by atoms with E-state index < -0.39 is 27.8 Å². The van der Waals surface area contributed by atoms with Crippen molar-refractivity contribution in [1.82, 2.24) is 4.90 Å². The van der Waals surface area contributed by atoms with Crippen molar-refractivity contribution in [3.8, 4) is 0 Å². The third-order valence-electron chi connectivity index (χ3n) is 4.68. The zero-order valence-electron chi connectivity index (χ0n) is 14.2. The average molecular weight is 393 g/mol. The molecule has 3 rings (SSSR count). The standard InChI is InChI=1S/C18H19NO5S2/c1-12-14(18(21)22)8-5-11-19(12)17(20)15-9-10-16(25-15)26(23,24)13-6-3-2-4-7-13/h2-4,6-7,9-10,12,14H,5,8,11H2,1H3,(H,21,22)/t12-,14-/m1/s1. The molecule has 6 nitrogen and oxygen atoms in total. The Hall–Kier alpha value is -2.19. The van der Waals surface area contributed by atoms with E-state index in [1.807, 2.05) is 0 Å². The number of nitrogens with zero attached hydrogens (tertiary/aromatic N) is 1. The molecule has 1 N–H and O–H groups in total. The molecule has 138 valence electrons. The van der Waals surface area contributed by atoms with Crippen LogP contribution in [0, 0.1) is 5.92 Å². The van der Waals surface area contributed by atoms with Crippen molar-refractivity contribution in [2.45, 2.75) is 34.9 Å². The fourth-order valence-electron chi connectivity index (χ4n) is 3.20. The monoisotopic (exact) mass is 393 g/mol. The first kappa shape index (κ1) is 18.6. The molecule has 2 aromatic rings. The molecule has 0 spiro atoms. The fraction of sp³-hybridized carbons (Fsp3) is 0.333. The van der Waals surface area contributed by atoms with Gasteiger partial charge in [0.15, 0.2) is 0 Å². The van der Waals surface area contributed by atoms with Crippen molar-refractivity contribution in [3.05, 3.63) is 47.3 Å². The summed E-state index contributed by atoms with van der Waals surface area (Å²) in [6.07, 6.45) is 1.16. The molecule has 26 heavy (non-hydrogen) atoms. The Morgan fingerprint density at radius 2 is 1.85 bits per heavy atom. The zero-order valence-corrected chi connectivity index (χ0v) is 15.8. The maximum atomic E-state index is 12.8. The number of rotatable bonds is 4. The lowest BCUT2D eigenvalue weighted by Gasteiger charge is -2.37. The molecule has 1 aromatic carbocycles. The zero-order chi connectivity index (χ0) is 18.9. The summed E-state index contributed by atoms with van der Waals surface area (Å²) in [6.45, 7) is 2.20. The van der Waals surface area contributed by atoms with Crippen molar-refractivity contribution in [3.63, 3.8) is 0 Å². The lowest BCUT2D eigenvalue weighted by molar-refractivity contribution is -0.144. The van der Waals surface area contributed by atoms with Crippen LogP contribution in [0.5, 0.6) is 0 Å². The van der Waals surface area contributed by atoms with Crippen LogP contribution < -0.4 is 0 Å². The highest BCUT2D eigenvalue weighted by molar-refractivity contribution is 7.93. The molecule has 1 saturated heterocycles. The SMILES string of the molecule is C[C@@H]1[C@H](C(=O)O)CCCN1C(=O)c1ccc(S(=O)(=O)c2ccccc2)s1. The minimum Gasteiger partial charge on any atom is -0.481 e. The van der Waals surface area contributed by atoms with E-state index in [0.717, 1.165) is 11.3 Å². The Labute approximate surface area is 156 Å². The Balaban J connectivity index is 1.86. The molecule has 2 heterocycles. The van der Waals surface area contributed by atoms with Crippen LogP contribution >= 0.6 is 11.3 Å². The van der Waals surface area contributed by atoms with Crippen LogP contribution in [0.3, 0.4) is 0 Å². The van der Waals surface area contributed by atoms with E-state index in [1.165, 1.54) is 29.2 Å². The van der Waals surface area contributed by atoms with E-state index in [9.17, 15) is 23.1 Å². The van der Waals surface area contributed by atoms with Gasteiger partial charge in [-0.2, -0.15) is 0 Å². The number of hydrogen-bond acceptors (Lipinski definition) is 5. The van der Waals surface area contributed by atoms with Gasteiger partial charge >= 0.3 is 5.97 Å². The molecule has 0 unspecified atom stereocenters. The van der Waals surface area contributed by atoms with Crippen molar-refractivity contribution in [2.75, 3.05) is 6.54 Å². The third kappa shape index (κ3) is 3.39. The van der Waals surface area contributed by atoms with Gasteiger partial charge in [-0.25, -0.2) is 8.42 Å². The summed E-state index contributed by atoms with van der Waals surface area (Å²) >= 11 is 0.921. The summed E-state index contributed by atoms with van der Waals surface area (Å²) < 4.78 is 25.4. The van der Waals surface area contributed by atoms with Gasteiger partial charge in [-0.3, -0.25) is 9.59 Å². The van der Waals surface area contributed by atoms with Gasteiger partial charge in [0, 0.05) is 12.6 Å². The largest absolute Gasteiger partial charge is 0.481 e. The fourth-order valence-corrected chi connectivity index (χ4v) is 5.88. The van der Waals surface area contributed by atoms with Crippen LogP contribution in [0.4, 0.5) is 0 Å². The predicted octanol–water partition coefficient (Wildman–Crippen LogP) is 2.91. The lowest BCUT2D eigenvalue weighted by atomic mass is 9.90. The van der Waals surface area contributed by atoms with E-state index in [-0.39, 0.29) is 15.0 Å². The molecular weight excluding hydrogens is 374 g/mol. The Kier molecular flexibility index (Phi) is 5.15. The van der Waals surface area contributed by atoms with Gasteiger partial charge in [0.25, 0.3) is 5.91 Å². The Morgan fingerprint density at radius 3 is 2.50 bits per heavy atom. The van der Waals surface area contributed by atoms with Gasteiger partial charge in [-0.05, 0) is 44.0 Å². The molecule has 1 aromatic heterocycles. The molecule has 1 aliphatic rings. The van der Waals surface area contributed by atoms with E-state index in [0.29, 0.717) is 24.3 Å². The van der Waals surface area contributed by atoms with E-state index >= 15 is 0 Å². The number of aliphatic carboxylic acids is 1. The molecule has 0 radical (unpaired) electrons. The summed E-state index contributed by atoms with van der Waals surface area (Å²) in [5.41, 5.74) is 0. The lowest BCUT2D eigenvalue weighted by Crippen LogP contribution is -2.48. The number of carbonyl (C=O) groups excluding carboxylic acids is 1. The highest BCUT2D eigenvalue weighted by Crippen LogP contribution is 2.31. The third-order valence-corrected chi connectivity index (χ3v) is 8.01. The molecule has 1 aliphatic heterocycles. The molecule has 8 heteroatoms.